The Balaban J connectivity index is 1.02. The van der Waals surface area contributed by atoms with Gasteiger partial charge in [-0.05, 0) is 140 Å². The first-order valence-corrected chi connectivity index (χ1v) is 36.6. The van der Waals surface area contributed by atoms with Gasteiger partial charge in [0.2, 0.25) is 0 Å². The number of hydrogen-bond acceptors (Lipinski definition) is 8. The average molecular weight is 1410 g/mol. The minimum Gasteiger partial charge on any atom is -0.310 e. The van der Waals surface area contributed by atoms with Crippen molar-refractivity contribution in [3.63, 3.8) is 0 Å². The third-order valence-corrected chi connectivity index (χ3v) is 20.9. The number of aromatic nitrogens is 7. The van der Waals surface area contributed by atoms with Crippen molar-refractivity contribution in [3.05, 3.63) is 350 Å². The molecule has 0 unspecified atom stereocenters. The molecule has 2 aliphatic heterocycles. The zero-order chi connectivity index (χ0) is 83.1. The van der Waals surface area contributed by atoms with Gasteiger partial charge < -0.3 is 14.4 Å². The molecule has 0 N–H and O–H groups in total. The van der Waals surface area contributed by atoms with E-state index in [2.05, 4.69) is 125 Å². The van der Waals surface area contributed by atoms with E-state index in [0.717, 1.165) is 61.3 Å². The molecule has 0 saturated carbocycles. The third-order valence-electron chi connectivity index (χ3n) is 20.9. The van der Waals surface area contributed by atoms with E-state index in [4.69, 9.17) is 32.6 Å². The molecular weight excluding hydrogens is 1330 g/mol. The van der Waals surface area contributed by atoms with Crippen LogP contribution in [0.15, 0.2) is 333 Å². The van der Waals surface area contributed by atoms with E-state index in [1.54, 1.807) is 6.07 Å². The van der Waals surface area contributed by atoms with Crippen LogP contribution in [-0.4, -0.2) is 41.2 Å². The van der Waals surface area contributed by atoms with E-state index in [-0.39, 0.29) is 55.5 Å². The lowest BCUT2D eigenvalue weighted by Gasteiger charge is -2.46. The first-order chi connectivity index (χ1) is 57.8. The topological polar surface area (TPSA) is 88.8 Å². The Morgan fingerprint density at radius 1 is 0.312 bits per heavy atom. The fourth-order valence-corrected chi connectivity index (χ4v) is 15.6. The molecule has 3 aromatic heterocycles. The van der Waals surface area contributed by atoms with E-state index in [0.29, 0.717) is 90.4 Å². The van der Waals surface area contributed by atoms with Crippen LogP contribution in [0.1, 0.15) is 73.3 Å². The van der Waals surface area contributed by atoms with E-state index in [1.807, 2.05) is 205 Å². The van der Waals surface area contributed by atoms with E-state index in [9.17, 15) is 12.3 Å². The number of fused-ring (bicyclic) bond motifs is 7. The van der Waals surface area contributed by atoms with Crippen molar-refractivity contribution >= 4 is 79.0 Å². The summed E-state index contributed by atoms with van der Waals surface area (Å²) in [6.07, 6.45) is 0. The smallest absolute Gasteiger partial charge is 0.252 e. The Hall–Kier alpha value is -13.4. The van der Waals surface area contributed by atoms with Crippen LogP contribution in [0.4, 0.5) is 34.1 Å². The maximum atomic E-state index is 10.0. The highest BCUT2D eigenvalue weighted by atomic mass is 15.2. The molecule has 0 aliphatic carbocycles. The van der Waals surface area contributed by atoms with E-state index < -0.39 is 61.9 Å². The molecule has 0 atom stereocenters. The Bertz CT molecular complexity index is 6610. The van der Waals surface area contributed by atoms with Gasteiger partial charge in [0, 0.05) is 87.8 Å². The Labute approximate surface area is 651 Å². The molecule has 14 aromatic carbocycles. The van der Waals surface area contributed by atoms with Crippen LogP contribution in [0.3, 0.4) is 0 Å². The van der Waals surface area contributed by atoms with Crippen molar-refractivity contribution in [2.75, 3.05) is 9.80 Å². The van der Waals surface area contributed by atoms with Crippen molar-refractivity contribution in [1.82, 2.24) is 34.5 Å². The lowest BCUT2D eigenvalue weighted by Crippen LogP contribution is -2.61. The third kappa shape index (κ3) is 11.8. The first-order valence-electron chi connectivity index (χ1n) is 42.1. The van der Waals surface area contributed by atoms with Crippen LogP contribution in [0.5, 0.6) is 0 Å². The molecule has 0 fully saturated rings. The number of anilines is 6. The number of nitrogens with zero attached hydrogens (tertiary/aromatic N) is 9. The predicted octanol–water partition coefficient (Wildman–Crippen LogP) is 23.1. The van der Waals surface area contributed by atoms with Gasteiger partial charge >= 0.3 is 0 Å². The van der Waals surface area contributed by atoms with Crippen LogP contribution < -0.4 is 26.2 Å². The summed E-state index contributed by atoms with van der Waals surface area (Å²) in [6, 6.07) is 89.8. The maximum absolute atomic E-state index is 10.0. The standard InChI is InChI=1S/C99H76BN9/c1-63-57-87-89-88(58-63)109(90-77(96-103-92(67-35-18-10-19-36-67)101-93(104-96)68-37-20-11-21-38-68)45-30-46-78(90)97-105-94(69-39-22-12-23-40-69)102-95(106-97)70-41-24-13-25-42-70)86-62-74(107-83-47-28-26-43-75(83)76-44-27-29-48-84(76)107)54-56-82(86)100(89)81-55-51-71(64-49-52-72(53-50-64)98(2,3)4)59-85(81)108(87)91-79(65-31-14-8-15-32-65)60-73(99(5,6)7)61-80(91)66-33-16-9-17-34-66/h8-62H,1-7H3/i1D3,26D,27D,28D,29D,43D,44D,47D,48D. The molecule has 9 nitrogen and oxygen atoms in total. The molecule has 109 heavy (non-hydrogen) atoms. The summed E-state index contributed by atoms with van der Waals surface area (Å²) in [5.74, 6) is 1.77. The molecule has 10 heteroatoms. The van der Waals surface area contributed by atoms with Crippen LogP contribution >= 0.6 is 0 Å². The molecular formula is C99H76BN9. The summed E-state index contributed by atoms with van der Waals surface area (Å²) in [5, 5.41) is -0.214. The second kappa shape index (κ2) is 26.6. The minimum atomic E-state index is -2.84. The Morgan fingerprint density at radius 3 is 1.11 bits per heavy atom. The van der Waals surface area contributed by atoms with Gasteiger partial charge in [0.05, 0.1) is 33.4 Å². The van der Waals surface area contributed by atoms with Gasteiger partial charge in [-0.3, -0.25) is 0 Å². The molecule has 5 heterocycles. The SMILES string of the molecule is [2H]c1c([2H])c([2H])c2c(c1[2H])c1c([2H])c([2H])c([2H])c([2H])c1n2-c1ccc2c(c1)N(c1c(-c3nc(-c4ccccc4)nc(-c4ccccc4)n3)cccc1-c1nc(-c3ccccc3)nc(-c3ccccc3)n1)c1cc(C([2H])([2H])[2H])cc3c1B2c1ccc(-c2ccc(C(C)(C)C)cc2)cc1N3c1c(-c2ccccc2)cc(C(C)(C)C)cc1-c1ccccc1. The molecule has 2 aliphatic rings. The summed E-state index contributed by atoms with van der Waals surface area (Å²) in [5.41, 5.74) is 16.1. The number of hydrogen-bond donors (Lipinski definition) is 0. The maximum Gasteiger partial charge on any atom is 0.252 e. The average Bonchev–Trinajstić information content (AvgIpc) is 0.941. The van der Waals surface area contributed by atoms with Gasteiger partial charge in [-0.15, -0.1) is 0 Å². The normalized spacial score (nSPS) is 14.0. The molecule has 0 saturated heterocycles. The molecule has 520 valence electrons. The Kier molecular flexibility index (Phi) is 13.4. The van der Waals surface area contributed by atoms with Gasteiger partial charge in [0.15, 0.2) is 34.9 Å². The summed E-state index contributed by atoms with van der Waals surface area (Å²) in [6.45, 7) is 9.59. The lowest BCUT2D eigenvalue weighted by atomic mass is 9.33. The number of benzene rings is 14. The van der Waals surface area contributed by atoms with Crippen molar-refractivity contribution in [2.24, 2.45) is 0 Å². The summed E-state index contributed by atoms with van der Waals surface area (Å²) >= 11 is 0. The molecule has 0 bridgehead atoms. The van der Waals surface area contributed by atoms with Gasteiger partial charge in [0.25, 0.3) is 6.71 Å². The second-order valence-corrected chi connectivity index (χ2v) is 29.8. The van der Waals surface area contributed by atoms with Crippen molar-refractivity contribution in [3.8, 4) is 107 Å². The van der Waals surface area contributed by atoms with Gasteiger partial charge in [-0.2, -0.15) is 0 Å². The fourth-order valence-electron chi connectivity index (χ4n) is 15.6. The highest BCUT2D eigenvalue weighted by Gasteiger charge is 2.46. The summed E-state index contributed by atoms with van der Waals surface area (Å²) in [4.78, 5) is 36.9. The predicted molar refractivity (Wildman–Crippen MR) is 453 cm³/mol. The van der Waals surface area contributed by atoms with Gasteiger partial charge in [0.1, 0.15) is 0 Å². The highest BCUT2D eigenvalue weighted by molar-refractivity contribution is 7.00. The van der Waals surface area contributed by atoms with Crippen LogP contribution in [0, 0.1) is 6.85 Å². The summed E-state index contributed by atoms with van der Waals surface area (Å²) < 4.78 is 108. The molecule has 0 radical (unpaired) electrons. The number of para-hydroxylation sites is 3. The van der Waals surface area contributed by atoms with Crippen molar-refractivity contribution in [2.45, 2.75) is 59.2 Å². The molecule has 17 aromatic rings. The quantitative estimate of drug-likeness (QED) is 0.112. The first kappa shape index (κ1) is 55.1. The second-order valence-electron chi connectivity index (χ2n) is 29.8. The zero-order valence-electron chi connectivity index (χ0n) is 71.7. The molecule has 0 amide bonds. The van der Waals surface area contributed by atoms with Crippen molar-refractivity contribution in [1.29, 1.82) is 0 Å². The van der Waals surface area contributed by atoms with Crippen LogP contribution in [0.2, 0.25) is 0 Å². The van der Waals surface area contributed by atoms with E-state index in [1.165, 1.54) is 4.57 Å². The zero-order valence-corrected chi connectivity index (χ0v) is 60.7. The fraction of sp³-hybridized carbons (Fsp3) is 0.0909. The van der Waals surface area contributed by atoms with Gasteiger partial charge in [-0.25, -0.2) is 29.9 Å². The van der Waals surface area contributed by atoms with E-state index >= 15 is 0 Å². The monoisotopic (exact) mass is 1410 g/mol. The molecule has 19 rings (SSSR count). The minimum absolute atomic E-state index is 0.0278. The van der Waals surface area contributed by atoms with Gasteiger partial charge in [-0.1, -0.05) is 308 Å². The van der Waals surface area contributed by atoms with Crippen molar-refractivity contribution < 1.29 is 15.1 Å². The molecule has 0 spiro atoms. The number of aryl methyl sites for hydroxylation is 1. The summed E-state index contributed by atoms with van der Waals surface area (Å²) in [7, 11) is 0. The van der Waals surface area contributed by atoms with Crippen LogP contribution in [-0.2, 0) is 10.8 Å². The lowest BCUT2D eigenvalue weighted by molar-refractivity contribution is 0.590. The number of rotatable bonds is 12. The largest absolute Gasteiger partial charge is 0.310 e. The van der Waals surface area contributed by atoms with Crippen LogP contribution in [0.25, 0.3) is 129 Å². The highest BCUT2D eigenvalue weighted by Crippen LogP contribution is 2.54. The Morgan fingerprint density at radius 2 is 0.688 bits per heavy atom.